The van der Waals surface area contributed by atoms with Crippen molar-refractivity contribution in [3.63, 3.8) is 0 Å². The summed E-state index contributed by atoms with van der Waals surface area (Å²) in [4.78, 5) is 16.7. The lowest BCUT2D eigenvalue weighted by Crippen LogP contribution is -2.55. The van der Waals surface area contributed by atoms with Gasteiger partial charge in [0.2, 0.25) is 0 Å². The normalized spacial score (nSPS) is 27.2. The molecule has 2 aliphatic rings. The van der Waals surface area contributed by atoms with Gasteiger partial charge >= 0.3 is 5.97 Å². The van der Waals surface area contributed by atoms with Gasteiger partial charge < -0.3 is 15.0 Å². The molecule has 0 bridgehead atoms. The van der Waals surface area contributed by atoms with Gasteiger partial charge in [-0.05, 0) is 33.7 Å². The Balaban J connectivity index is 1.85. The number of esters is 1. The summed E-state index contributed by atoms with van der Waals surface area (Å²) < 4.78 is 5.18. The highest BCUT2D eigenvalue weighted by molar-refractivity contribution is 5.76. The van der Waals surface area contributed by atoms with Crippen LogP contribution in [0.2, 0.25) is 0 Å². The molecule has 1 aliphatic heterocycles. The molecule has 2 atom stereocenters. The van der Waals surface area contributed by atoms with E-state index in [0.717, 1.165) is 26.2 Å². The molecule has 1 saturated heterocycles. The molecule has 0 aromatic carbocycles. The fourth-order valence-electron chi connectivity index (χ4n) is 2.52. The first kappa shape index (κ1) is 14.8. The van der Waals surface area contributed by atoms with Gasteiger partial charge in [0, 0.05) is 38.3 Å². The number of hydrogen-bond donors (Lipinski definition) is 1. The standard InChI is InChI=1S/C14H27N3O2/c1-4-19-14(18)13(15-12-5-6-12)10-17-8-7-16(3)11(2)9-17/h11-13,15H,4-10H2,1-3H3. The van der Waals surface area contributed by atoms with Crippen LogP contribution in [0.4, 0.5) is 0 Å². The molecule has 19 heavy (non-hydrogen) atoms. The number of piperazine rings is 1. The minimum atomic E-state index is -0.164. The molecule has 1 N–H and O–H groups in total. The van der Waals surface area contributed by atoms with Gasteiger partial charge in [-0.1, -0.05) is 0 Å². The van der Waals surface area contributed by atoms with E-state index < -0.39 is 0 Å². The minimum Gasteiger partial charge on any atom is -0.465 e. The summed E-state index contributed by atoms with van der Waals surface area (Å²) in [6, 6.07) is 0.917. The van der Waals surface area contributed by atoms with E-state index in [0.29, 0.717) is 18.7 Å². The number of carbonyl (C=O) groups excluding carboxylic acids is 1. The van der Waals surface area contributed by atoms with Crippen molar-refractivity contribution < 1.29 is 9.53 Å². The highest BCUT2D eigenvalue weighted by Crippen LogP contribution is 2.20. The van der Waals surface area contributed by atoms with Gasteiger partial charge in [0.25, 0.3) is 0 Å². The van der Waals surface area contributed by atoms with E-state index in [9.17, 15) is 4.79 Å². The van der Waals surface area contributed by atoms with E-state index >= 15 is 0 Å². The molecule has 2 unspecified atom stereocenters. The van der Waals surface area contributed by atoms with Crippen LogP contribution in [-0.2, 0) is 9.53 Å². The third-order valence-corrected chi connectivity index (χ3v) is 4.07. The van der Waals surface area contributed by atoms with Gasteiger partial charge in [0.15, 0.2) is 0 Å². The maximum Gasteiger partial charge on any atom is 0.324 e. The number of ether oxygens (including phenoxy) is 1. The average Bonchev–Trinajstić information content (AvgIpc) is 3.17. The number of likely N-dealkylation sites (N-methyl/N-ethyl adjacent to an activating group) is 1. The summed E-state index contributed by atoms with van der Waals surface area (Å²) in [7, 11) is 2.16. The van der Waals surface area contributed by atoms with Crippen molar-refractivity contribution in [1.29, 1.82) is 0 Å². The van der Waals surface area contributed by atoms with Crippen LogP contribution in [-0.4, -0.2) is 73.7 Å². The Morgan fingerprint density at radius 1 is 1.42 bits per heavy atom. The number of nitrogens with zero attached hydrogens (tertiary/aromatic N) is 2. The quantitative estimate of drug-likeness (QED) is 0.703. The van der Waals surface area contributed by atoms with E-state index in [2.05, 4.69) is 29.1 Å². The number of nitrogens with one attached hydrogen (secondary N) is 1. The zero-order valence-corrected chi connectivity index (χ0v) is 12.4. The molecular weight excluding hydrogens is 242 g/mol. The summed E-state index contributed by atoms with van der Waals surface area (Å²) in [5.41, 5.74) is 0. The predicted molar refractivity (Wildman–Crippen MR) is 75.1 cm³/mol. The second-order valence-electron chi connectivity index (χ2n) is 5.83. The van der Waals surface area contributed by atoms with Crippen molar-refractivity contribution in [2.24, 2.45) is 0 Å². The maximum atomic E-state index is 12.0. The van der Waals surface area contributed by atoms with E-state index in [4.69, 9.17) is 4.74 Å². The van der Waals surface area contributed by atoms with Crippen molar-refractivity contribution in [2.45, 2.75) is 44.8 Å². The molecule has 1 saturated carbocycles. The molecule has 0 spiro atoms. The molecule has 5 nitrogen and oxygen atoms in total. The Morgan fingerprint density at radius 3 is 2.74 bits per heavy atom. The highest BCUT2D eigenvalue weighted by Gasteiger charge is 2.32. The fraction of sp³-hybridized carbons (Fsp3) is 0.929. The number of hydrogen-bond acceptors (Lipinski definition) is 5. The first-order valence-corrected chi connectivity index (χ1v) is 7.45. The Labute approximate surface area is 116 Å². The van der Waals surface area contributed by atoms with E-state index in [-0.39, 0.29) is 12.0 Å². The second-order valence-corrected chi connectivity index (χ2v) is 5.83. The van der Waals surface area contributed by atoms with Crippen molar-refractivity contribution in [2.75, 3.05) is 39.8 Å². The van der Waals surface area contributed by atoms with Gasteiger partial charge in [-0.25, -0.2) is 0 Å². The van der Waals surface area contributed by atoms with Gasteiger partial charge in [0.1, 0.15) is 6.04 Å². The lowest BCUT2D eigenvalue weighted by molar-refractivity contribution is -0.146. The van der Waals surface area contributed by atoms with E-state index in [1.54, 1.807) is 0 Å². The van der Waals surface area contributed by atoms with Gasteiger partial charge in [-0.3, -0.25) is 9.69 Å². The van der Waals surface area contributed by atoms with E-state index in [1.165, 1.54) is 12.8 Å². The van der Waals surface area contributed by atoms with Crippen LogP contribution >= 0.6 is 0 Å². The van der Waals surface area contributed by atoms with Crippen LogP contribution in [0.15, 0.2) is 0 Å². The Kier molecular flexibility index (Phi) is 5.19. The van der Waals surface area contributed by atoms with Crippen molar-refractivity contribution in [1.82, 2.24) is 15.1 Å². The molecule has 0 radical (unpaired) electrons. The van der Waals surface area contributed by atoms with E-state index in [1.807, 2.05) is 6.92 Å². The summed E-state index contributed by atoms with van der Waals surface area (Å²) in [6.07, 6.45) is 2.38. The molecule has 2 rings (SSSR count). The van der Waals surface area contributed by atoms with Crippen molar-refractivity contribution in [3.8, 4) is 0 Å². The zero-order chi connectivity index (χ0) is 13.8. The summed E-state index contributed by atoms with van der Waals surface area (Å²) in [5.74, 6) is -0.0963. The number of rotatable bonds is 6. The fourth-order valence-corrected chi connectivity index (χ4v) is 2.52. The molecule has 110 valence electrons. The third kappa shape index (κ3) is 4.44. The van der Waals surface area contributed by atoms with Crippen molar-refractivity contribution >= 4 is 5.97 Å². The predicted octanol–water partition coefficient (Wildman–Crippen LogP) is 0.306. The first-order chi connectivity index (χ1) is 9.10. The molecule has 1 heterocycles. The highest BCUT2D eigenvalue weighted by atomic mass is 16.5. The van der Waals surface area contributed by atoms with Crippen LogP contribution in [0.5, 0.6) is 0 Å². The molecule has 0 amide bonds. The zero-order valence-electron chi connectivity index (χ0n) is 12.4. The Bertz CT molecular complexity index is 307. The number of carbonyl (C=O) groups is 1. The molecule has 1 aliphatic carbocycles. The van der Waals surface area contributed by atoms with Crippen LogP contribution in [0.25, 0.3) is 0 Å². The summed E-state index contributed by atoms with van der Waals surface area (Å²) >= 11 is 0. The molecule has 0 aromatic rings. The van der Waals surface area contributed by atoms with Crippen molar-refractivity contribution in [3.05, 3.63) is 0 Å². The van der Waals surface area contributed by atoms with Gasteiger partial charge in [-0.2, -0.15) is 0 Å². The molecule has 0 aromatic heterocycles. The molecule has 5 heteroatoms. The van der Waals surface area contributed by atoms with Crippen LogP contribution in [0, 0.1) is 0 Å². The maximum absolute atomic E-state index is 12.0. The van der Waals surface area contributed by atoms with Crippen LogP contribution < -0.4 is 5.32 Å². The van der Waals surface area contributed by atoms with Gasteiger partial charge in [0.05, 0.1) is 6.61 Å². The lowest BCUT2D eigenvalue weighted by Gasteiger charge is -2.38. The molecule has 2 fully saturated rings. The van der Waals surface area contributed by atoms with Gasteiger partial charge in [-0.15, -0.1) is 0 Å². The topological polar surface area (TPSA) is 44.8 Å². The largest absolute Gasteiger partial charge is 0.465 e. The van der Waals surface area contributed by atoms with Crippen LogP contribution in [0.3, 0.4) is 0 Å². The summed E-state index contributed by atoms with van der Waals surface area (Å²) in [5, 5.41) is 3.42. The second kappa shape index (κ2) is 6.68. The Hall–Kier alpha value is -0.650. The average molecular weight is 269 g/mol. The first-order valence-electron chi connectivity index (χ1n) is 7.45. The molecular formula is C14H27N3O2. The monoisotopic (exact) mass is 269 g/mol. The lowest BCUT2D eigenvalue weighted by atomic mass is 10.1. The van der Waals surface area contributed by atoms with Crippen LogP contribution in [0.1, 0.15) is 26.7 Å². The summed E-state index contributed by atoms with van der Waals surface area (Å²) in [6.45, 7) is 8.46. The smallest absolute Gasteiger partial charge is 0.324 e. The SMILES string of the molecule is CCOC(=O)C(CN1CCN(C)C(C)C1)NC1CC1. The minimum absolute atomic E-state index is 0.0963. The third-order valence-electron chi connectivity index (χ3n) is 4.07. The Morgan fingerprint density at radius 2 is 2.16 bits per heavy atom.